The summed E-state index contributed by atoms with van der Waals surface area (Å²) in [5.74, 6) is 0. The van der Waals surface area contributed by atoms with Crippen LogP contribution in [0.5, 0.6) is 0 Å². The van der Waals surface area contributed by atoms with Crippen LogP contribution in [0.1, 0.15) is 55.8 Å². The Bertz CT molecular complexity index is 455. The summed E-state index contributed by atoms with van der Waals surface area (Å²) in [6.07, 6.45) is 8.43. The molecular weight excluding hydrogens is 274 g/mol. The van der Waals surface area contributed by atoms with Crippen molar-refractivity contribution < 1.29 is 9.84 Å². The Morgan fingerprint density at radius 1 is 1.09 bits per heavy atom. The molecule has 1 fully saturated rings. The number of aliphatic hydroxyl groups excluding tert-OH is 1. The van der Waals surface area contributed by atoms with Gasteiger partial charge in [0.05, 0.1) is 18.8 Å². The first kappa shape index (κ1) is 16.0. The zero-order valence-electron chi connectivity index (χ0n) is 13.5. The van der Waals surface area contributed by atoms with E-state index in [4.69, 9.17) is 4.74 Å². The minimum atomic E-state index is -0.368. The molecule has 1 saturated heterocycles. The maximum Gasteiger partial charge on any atom is 0.0900 e. The molecule has 0 radical (unpaired) electrons. The smallest absolute Gasteiger partial charge is 0.0900 e. The van der Waals surface area contributed by atoms with E-state index in [1.807, 2.05) is 0 Å². The Morgan fingerprint density at radius 3 is 2.68 bits per heavy atom. The Balaban J connectivity index is 1.48. The maximum atomic E-state index is 10.3. The lowest BCUT2D eigenvalue weighted by Crippen LogP contribution is -2.36. The van der Waals surface area contributed by atoms with Crippen molar-refractivity contribution in [3.8, 4) is 0 Å². The van der Waals surface area contributed by atoms with Crippen molar-refractivity contribution in [3.63, 3.8) is 0 Å². The minimum Gasteiger partial charge on any atom is -0.389 e. The number of ether oxygens (including phenoxy) is 1. The molecule has 1 N–H and O–H groups in total. The number of likely N-dealkylation sites (tertiary alicyclic amines) is 1. The number of rotatable bonds is 5. The zero-order valence-corrected chi connectivity index (χ0v) is 13.5. The standard InChI is InChI=1S/C19H29NO2/c21-17(14-20-12-5-1-2-6-13-20)15-22-19-11-7-9-16-8-3-4-10-18(16)19/h3-4,8,10,17,19,21H,1-2,5-7,9,11-15H2/t17-,19-/m0/s1. The summed E-state index contributed by atoms with van der Waals surface area (Å²) in [6, 6.07) is 8.59. The van der Waals surface area contributed by atoms with Gasteiger partial charge >= 0.3 is 0 Å². The highest BCUT2D eigenvalue weighted by Gasteiger charge is 2.22. The molecule has 2 aliphatic rings. The number of hydrogen-bond acceptors (Lipinski definition) is 3. The molecule has 1 aromatic carbocycles. The first-order valence-corrected chi connectivity index (χ1v) is 8.93. The van der Waals surface area contributed by atoms with E-state index >= 15 is 0 Å². The summed E-state index contributed by atoms with van der Waals surface area (Å²) in [5, 5.41) is 10.3. The molecule has 3 nitrogen and oxygen atoms in total. The van der Waals surface area contributed by atoms with Gasteiger partial charge in [-0.1, -0.05) is 37.1 Å². The van der Waals surface area contributed by atoms with Gasteiger partial charge in [-0.25, -0.2) is 0 Å². The fraction of sp³-hybridized carbons (Fsp3) is 0.684. The van der Waals surface area contributed by atoms with Crippen molar-refractivity contribution in [2.45, 2.75) is 57.2 Å². The molecule has 1 heterocycles. The first-order chi connectivity index (χ1) is 10.8. The number of nitrogens with zero attached hydrogens (tertiary/aromatic N) is 1. The van der Waals surface area contributed by atoms with Gasteiger partial charge in [0.1, 0.15) is 0 Å². The molecule has 1 aromatic rings. The molecule has 0 amide bonds. The Kier molecular flexibility index (Phi) is 5.88. The van der Waals surface area contributed by atoms with Crippen LogP contribution in [0.25, 0.3) is 0 Å². The summed E-state index contributed by atoms with van der Waals surface area (Å²) < 4.78 is 6.07. The zero-order chi connectivity index (χ0) is 15.2. The van der Waals surface area contributed by atoms with Gasteiger partial charge in [-0.15, -0.1) is 0 Å². The molecule has 3 rings (SSSR count). The SMILES string of the molecule is O[C@H](CO[C@H]1CCCc2ccccc21)CN1CCCCCC1. The van der Waals surface area contributed by atoms with Gasteiger partial charge in [-0.2, -0.15) is 0 Å². The number of hydrogen-bond donors (Lipinski definition) is 1. The van der Waals surface area contributed by atoms with E-state index in [2.05, 4.69) is 29.2 Å². The second-order valence-electron chi connectivity index (χ2n) is 6.78. The van der Waals surface area contributed by atoms with Crippen LogP contribution in [0.4, 0.5) is 0 Å². The highest BCUT2D eigenvalue weighted by molar-refractivity contribution is 5.31. The third kappa shape index (κ3) is 4.31. The third-order valence-corrected chi connectivity index (χ3v) is 4.97. The number of aryl methyl sites for hydroxylation is 1. The van der Waals surface area contributed by atoms with Crippen molar-refractivity contribution in [1.29, 1.82) is 0 Å². The number of benzene rings is 1. The fourth-order valence-corrected chi connectivity index (χ4v) is 3.78. The Labute approximate surface area is 134 Å². The van der Waals surface area contributed by atoms with E-state index in [0.29, 0.717) is 6.61 Å². The molecule has 2 atom stereocenters. The molecule has 3 heteroatoms. The monoisotopic (exact) mass is 303 g/mol. The van der Waals surface area contributed by atoms with E-state index in [1.165, 1.54) is 43.2 Å². The highest BCUT2D eigenvalue weighted by Crippen LogP contribution is 2.32. The predicted octanol–water partition coefficient (Wildman–Crippen LogP) is 3.32. The van der Waals surface area contributed by atoms with Crippen molar-refractivity contribution in [2.24, 2.45) is 0 Å². The van der Waals surface area contributed by atoms with Gasteiger partial charge in [-0.3, -0.25) is 0 Å². The van der Waals surface area contributed by atoms with Crippen LogP contribution in [0, 0.1) is 0 Å². The molecule has 0 spiro atoms. The molecule has 1 aliphatic heterocycles. The molecule has 0 saturated carbocycles. The Morgan fingerprint density at radius 2 is 1.86 bits per heavy atom. The highest BCUT2D eigenvalue weighted by atomic mass is 16.5. The van der Waals surface area contributed by atoms with Crippen molar-refractivity contribution in [1.82, 2.24) is 4.90 Å². The summed E-state index contributed by atoms with van der Waals surface area (Å²) in [7, 11) is 0. The van der Waals surface area contributed by atoms with Crippen LogP contribution in [0.3, 0.4) is 0 Å². The summed E-state index contributed by atoms with van der Waals surface area (Å²) in [5.41, 5.74) is 2.75. The second-order valence-corrected chi connectivity index (χ2v) is 6.78. The number of β-amino-alcohol motifs (C(OH)–C–C–N with tert-alkyl or cyclic N) is 1. The lowest BCUT2D eigenvalue weighted by atomic mass is 9.89. The van der Waals surface area contributed by atoms with E-state index in [9.17, 15) is 5.11 Å². The van der Waals surface area contributed by atoms with Crippen LogP contribution in [-0.4, -0.2) is 42.4 Å². The van der Waals surface area contributed by atoms with Crippen molar-refractivity contribution in [2.75, 3.05) is 26.2 Å². The van der Waals surface area contributed by atoms with Crippen LogP contribution >= 0.6 is 0 Å². The van der Waals surface area contributed by atoms with E-state index < -0.39 is 0 Å². The lowest BCUT2D eigenvalue weighted by Gasteiger charge is -2.28. The van der Waals surface area contributed by atoms with Gasteiger partial charge in [-0.05, 0) is 56.3 Å². The fourth-order valence-electron chi connectivity index (χ4n) is 3.78. The molecular formula is C19H29NO2. The molecule has 122 valence electrons. The largest absolute Gasteiger partial charge is 0.389 e. The van der Waals surface area contributed by atoms with E-state index in [-0.39, 0.29) is 12.2 Å². The van der Waals surface area contributed by atoms with Gasteiger partial charge < -0.3 is 14.7 Å². The lowest BCUT2D eigenvalue weighted by molar-refractivity contribution is -0.0278. The van der Waals surface area contributed by atoms with Gasteiger partial charge in [0.15, 0.2) is 0 Å². The van der Waals surface area contributed by atoms with Crippen LogP contribution < -0.4 is 0 Å². The predicted molar refractivity (Wildman–Crippen MR) is 89.0 cm³/mol. The van der Waals surface area contributed by atoms with Gasteiger partial charge in [0, 0.05) is 6.54 Å². The summed E-state index contributed by atoms with van der Waals surface area (Å²) in [6.45, 7) is 3.47. The van der Waals surface area contributed by atoms with Crippen LogP contribution in [0.15, 0.2) is 24.3 Å². The number of fused-ring (bicyclic) bond motifs is 1. The summed E-state index contributed by atoms with van der Waals surface area (Å²) >= 11 is 0. The van der Waals surface area contributed by atoms with Crippen molar-refractivity contribution in [3.05, 3.63) is 35.4 Å². The van der Waals surface area contributed by atoms with Crippen LogP contribution in [0.2, 0.25) is 0 Å². The maximum absolute atomic E-state index is 10.3. The minimum absolute atomic E-state index is 0.170. The van der Waals surface area contributed by atoms with Crippen molar-refractivity contribution >= 4 is 0 Å². The van der Waals surface area contributed by atoms with Gasteiger partial charge in [0.2, 0.25) is 0 Å². The quantitative estimate of drug-likeness (QED) is 0.906. The third-order valence-electron chi connectivity index (χ3n) is 4.97. The molecule has 0 bridgehead atoms. The molecule has 1 aliphatic carbocycles. The van der Waals surface area contributed by atoms with E-state index in [0.717, 1.165) is 32.5 Å². The number of aliphatic hydroxyl groups is 1. The first-order valence-electron chi connectivity index (χ1n) is 8.93. The second kappa shape index (κ2) is 8.09. The normalized spacial score (nSPS) is 24.5. The van der Waals surface area contributed by atoms with E-state index in [1.54, 1.807) is 0 Å². The molecule has 0 unspecified atom stereocenters. The van der Waals surface area contributed by atoms with Crippen LogP contribution in [-0.2, 0) is 11.2 Å². The summed E-state index contributed by atoms with van der Waals surface area (Å²) in [4.78, 5) is 2.40. The molecule has 22 heavy (non-hydrogen) atoms. The Hall–Kier alpha value is -0.900. The average molecular weight is 303 g/mol. The topological polar surface area (TPSA) is 32.7 Å². The van der Waals surface area contributed by atoms with Gasteiger partial charge in [0.25, 0.3) is 0 Å². The molecule has 0 aromatic heterocycles. The average Bonchev–Trinajstić information content (AvgIpc) is 2.81.